The molecule has 0 aliphatic rings. The third-order valence-corrected chi connectivity index (χ3v) is 7.13. The number of aliphatic hydroxyl groups excluding tert-OH is 1. The Bertz CT molecular complexity index is 477. The van der Waals surface area contributed by atoms with Gasteiger partial charge in [0.1, 0.15) is 12.7 Å². The normalized spacial score (nSPS) is 12.4. The first-order valence-corrected chi connectivity index (χ1v) is 16.3. The van der Waals surface area contributed by atoms with E-state index < -0.39 is 0 Å². The first-order chi connectivity index (χ1) is 18.2. The molecule has 37 heavy (non-hydrogen) atoms. The Balaban J connectivity index is 3.37. The SMILES string of the molecule is CCCCCCCC/C=C\CCCCCCCCCCCC(=O)OCC(CO)OCCCCCCCC. The van der Waals surface area contributed by atoms with E-state index in [2.05, 4.69) is 26.0 Å². The minimum absolute atomic E-state index is 0.0981. The first-order valence-electron chi connectivity index (χ1n) is 16.3. The number of esters is 1. The molecular weight excluding hydrogens is 460 g/mol. The zero-order valence-electron chi connectivity index (χ0n) is 25.0. The van der Waals surface area contributed by atoms with Crippen molar-refractivity contribution in [1.29, 1.82) is 0 Å². The van der Waals surface area contributed by atoms with Crippen LogP contribution in [0, 0.1) is 0 Å². The number of rotatable bonds is 30. The molecule has 0 aliphatic heterocycles. The van der Waals surface area contributed by atoms with Gasteiger partial charge in [-0.3, -0.25) is 4.79 Å². The molecule has 0 aromatic rings. The number of carbonyl (C=O) groups excluding carboxylic acids is 1. The molecule has 0 heterocycles. The molecule has 1 unspecified atom stereocenters. The van der Waals surface area contributed by atoms with E-state index in [0.29, 0.717) is 13.0 Å². The van der Waals surface area contributed by atoms with Crippen molar-refractivity contribution in [3.63, 3.8) is 0 Å². The highest BCUT2D eigenvalue weighted by molar-refractivity contribution is 5.69. The maximum absolute atomic E-state index is 12.0. The molecule has 0 amide bonds. The van der Waals surface area contributed by atoms with Crippen molar-refractivity contribution in [1.82, 2.24) is 0 Å². The smallest absolute Gasteiger partial charge is 0.305 e. The van der Waals surface area contributed by atoms with E-state index >= 15 is 0 Å². The van der Waals surface area contributed by atoms with Crippen LogP contribution in [0.15, 0.2) is 12.2 Å². The second-order valence-corrected chi connectivity index (χ2v) is 10.9. The second kappa shape index (κ2) is 31.3. The molecule has 0 rings (SSSR count). The average Bonchev–Trinajstić information content (AvgIpc) is 2.91. The number of carbonyl (C=O) groups is 1. The van der Waals surface area contributed by atoms with Crippen LogP contribution in [0.25, 0.3) is 0 Å². The monoisotopic (exact) mass is 524 g/mol. The minimum Gasteiger partial charge on any atom is -0.463 e. The molecule has 0 bridgehead atoms. The van der Waals surface area contributed by atoms with Gasteiger partial charge in [-0.25, -0.2) is 0 Å². The summed E-state index contributed by atoms with van der Waals surface area (Å²) in [6.07, 6.45) is 34.1. The fourth-order valence-corrected chi connectivity index (χ4v) is 4.59. The molecule has 0 aromatic heterocycles. The molecular formula is C33H64O4. The van der Waals surface area contributed by atoms with Gasteiger partial charge in [-0.05, 0) is 38.5 Å². The maximum Gasteiger partial charge on any atom is 0.305 e. The van der Waals surface area contributed by atoms with Gasteiger partial charge in [0.2, 0.25) is 0 Å². The van der Waals surface area contributed by atoms with E-state index in [-0.39, 0.29) is 25.3 Å². The molecule has 1 atom stereocenters. The van der Waals surface area contributed by atoms with Crippen LogP contribution in [0.4, 0.5) is 0 Å². The van der Waals surface area contributed by atoms with Gasteiger partial charge in [-0.2, -0.15) is 0 Å². The number of ether oxygens (including phenoxy) is 2. The van der Waals surface area contributed by atoms with E-state index in [1.807, 2.05) is 0 Å². The highest BCUT2D eigenvalue weighted by Gasteiger charge is 2.11. The van der Waals surface area contributed by atoms with Crippen molar-refractivity contribution in [3.05, 3.63) is 12.2 Å². The third-order valence-electron chi connectivity index (χ3n) is 7.13. The maximum atomic E-state index is 12.0. The summed E-state index contributed by atoms with van der Waals surface area (Å²) in [6, 6.07) is 0. The molecule has 0 aromatic carbocycles. The fourth-order valence-electron chi connectivity index (χ4n) is 4.59. The Morgan fingerprint density at radius 2 is 1.05 bits per heavy atom. The molecule has 0 fully saturated rings. The summed E-state index contributed by atoms with van der Waals surface area (Å²) in [5.41, 5.74) is 0. The average molecular weight is 525 g/mol. The Morgan fingerprint density at radius 1 is 0.622 bits per heavy atom. The van der Waals surface area contributed by atoms with Crippen molar-refractivity contribution in [2.45, 2.75) is 174 Å². The quantitative estimate of drug-likeness (QED) is 0.0577. The number of aliphatic hydroxyl groups is 1. The Labute approximate surface area is 231 Å². The third kappa shape index (κ3) is 29.5. The molecule has 1 N–H and O–H groups in total. The van der Waals surface area contributed by atoms with E-state index in [4.69, 9.17) is 9.47 Å². The predicted octanol–water partition coefficient (Wildman–Crippen LogP) is 9.87. The van der Waals surface area contributed by atoms with Crippen molar-refractivity contribution in [2.24, 2.45) is 0 Å². The van der Waals surface area contributed by atoms with E-state index in [1.165, 1.54) is 122 Å². The van der Waals surface area contributed by atoms with Crippen LogP contribution in [0.1, 0.15) is 168 Å². The molecule has 4 heteroatoms. The summed E-state index contributed by atoms with van der Waals surface area (Å²) in [7, 11) is 0. The van der Waals surface area contributed by atoms with Gasteiger partial charge < -0.3 is 14.6 Å². The molecule has 4 nitrogen and oxygen atoms in total. The summed E-state index contributed by atoms with van der Waals surface area (Å²) in [6.45, 7) is 5.19. The van der Waals surface area contributed by atoms with Gasteiger partial charge in [-0.15, -0.1) is 0 Å². The first kappa shape index (κ1) is 36.1. The number of hydrogen-bond acceptors (Lipinski definition) is 4. The lowest BCUT2D eigenvalue weighted by Gasteiger charge is -2.15. The lowest BCUT2D eigenvalue weighted by atomic mass is 10.1. The van der Waals surface area contributed by atoms with Crippen LogP contribution >= 0.6 is 0 Å². The topological polar surface area (TPSA) is 55.8 Å². The zero-order chi connectivity index (χ0) is 27.1. The van der Waals surface area contributed by atoms with Crippen LogP contribution < -0.4 is 0 Å². The second-order valence-electron chi connectivity index (χ2n) is 10.9. The molecule has 0 spiro atoms. The van der Waals surface area contributed by atoms with Gasteiger partial charge in [0.25, 0.3) is 0 Å². The summed E-state index contributed by atoms with van der Waals surface area (Å²) < 4.78 is 11.0. The van der Waals surface area contributed by atoms with Crippen molar-refractivity contribution < 1.29 is 19.4 Å². The van der Waals surface area contributed by atoms with Gasteiger partial charge in [0, 0.05) is 13.0 Å². The lowest BCUT2D eigenvalue weighted by Crippen LogP contribution is -2.26. The summed E-state index contributed by atoms with van der Waals surface area (Å²) >= 11 is 0. The predicted molar refractivity (Wildman–Crippen MR) is 159 cm³/mol. The Morgan fingerprint density at radius 3 is 1.54 bits per heavy atom. The summed E-state index contributed by atoms with van der Waals surface area (Å²) in [5.74, 6) is -0.164. The van der Waals surface area contributed by atoms with Crippen LogP contribution in [0.2, 0.25) is 0 Å². The van der Waals surface area contributed by atoms with E-state index in [1.54, 1.807) is 0 Å². The highest BCUT2D eigenvalue weighted by Crippen LogP contribution is 2.13. The zero-order valence-corrected chi connectivity index (χ0v) is 25.0. The largest absolute Gasteiger partial charge is 0.463 e. The summed E-state index contributed by atoms with van der Waals surface area (Å²) in [5, 5.41) is 9.44. The molecule has 220 valence electrons. The van der Waals surface area contributed by atoms with Gasteiger partial charge in [0.05, 0.1) is 6.61 Å². The van der Waals surface area contributed by atoms with Gasteiger partial charge in [0.15, 0.2) is 0 Å². The molecule has 0 saturated carbocycles. The van der Waals surface area contributed by atoms with Crippen molar-refractivity contribution in [2.75, 3.05) is 19.8 Å². The van der Waals surface area contributed by atoms with Gasteiger partial charge in [-0.1, -0.05) is 135 Å². The van der Waals surface area contributed by atoms with Crippen molar-refractivity contribution >= 4 is 5.97 Å². The number of unbranched alkanes of at least 4 members (excludes halogenated alkanes) is 20. The van der Waals surface area contributed by atoms with Crippen LogP contribution in [-0.2, 0) is 14.3 Å². The molecule has 0 saturated heterocycles. The minimum atomic E-state index is -0.388. The molecule has 0 aliphatic carbocycles. The fraction of sp³-hybridized carbons (Fsp3) is 0.909. The number of allylic oxidation sites excluding steroid dienone is 2. The number of hydrogen-bond donors (Lipinski definition) is 1. The standard InChI is InChI=1S/C33H64O4/c1-3-5-7-9-11-12-13-14-15-16-17-18-19-20-21-22-23-24-26-28-33(35)37-31-32(30-34)36-29-27-25-10-8-6-4-2/h14-15,32,34H,3-13,16-31H2,1-2H3/b15-14-. The van der Waals surface area contributed by atoms with Crippen LogP contribution in [-0.4, -0.2) is 37.0 Å². The Kier molecular flexibility index (Phi) is 30.6. The van der Waals surface area contributed by atoms with E-state index in [9.17, 15) is 9.90 Å². The summed E-state index contributed by atoms with van der Waals surface area (Å²) in [4.78, 5) is 12.0. The van der Waals surface area contributed by atoms with Crippen LogP contribution in [0.3, 0.4) is 0 Å². The Hall–Kier alpha value is -0.870. The van der Waals surface area contributed by atoms with Crippen LogP contribution in [0.5, 0.6) is 0 Å². The van der Waals surface area contributed by atoms with Crippen molar-refractivity contribution in [3.8, 4) is 0 Å². The van der Waals surface area contributed by atoms with Gasteiger partial charge >= 0.3 is 5.97 Å². The lowest BCUT2D eigenvalue weighted by molar-refractivity contribution is -0.149. The van der Waals surface area contributed by atoms with E-state index in [0.717, 1.165) is 25.7 Å². The highest BCUT2D eigenvalue weighted by atomic mass is 16.6. The molecule has 0 radical (unpaired) electrons.